The van der Waals surface area contributed by atoms with Crippen LogP contribution >= 0.6 is 0 Å². The van der Waals surface area contributed by atoms with Crippen molar-refractivity contribution < 1.29 is 9.18 Å². The Morgan fingerprint density at radius 2 is 1.77 bits per heavy atom. The molecule has 6 heteroatoms. The van der Waals surface area contributed by atoms with E-state index in [4.69, 9.17) is 0 Å². The molecule has 2 fully saturated rings. The molecule has 3 rings (SSSR count). The maximum absolute atomic E-state index is 14.0. The zero-order valence-electron chi connectivity index (χ0n) is 15.6. The topological polar surface area (TPSA) is 30.0 Å². The molecule has 1 amide bonds. The Hall–Kier alpha value is -1.92. The van der Waals surface area contributed by atoms with Crippen molar-refractivity contribution in [3.05, 3.63) is 42.7 Å². The van der Waals surface area contributed by atoms with Gasteiger partial charge in [-0.2, -0.15) is 0 Å². The molecule has 0 N–H and O–H groups in total. The maximum atomic E-state index is 14.0. The van der Waals surface area contributed by atoms with Crippen molar-refractivity contribution in [3.63, 3.8) is 0 Å². The fourth-order valence-corrected chi connectivity index (χ4v) is 3.81. The molecular formula is C20H29FN4O. The van der Waals surface area contributed by atoms with Crippen molar-refractivity contribution >= 4 is 11.6 Å². The lowest BCUT2D eigenvalue weighted by Crippen LogP contribution is -2.57. The highest BCUT2D eigenvalue weighted by Gasteiger charge is 2.30. The van der Waals surface area contributed by atoms with Crippen LogP contribution < -0.4 is 4.90 Å². The second-order valence-electron chi connectivity index (χ2n) is 7.06. The number of carbonyl (C=O) groups excluding carboxylic acids is 1. The van der Waals surface area contributed by atoms with E-state index in [-0.39, 0.29) is 17.8 Å². The molecule has 0 aromatic heterocycles. The zero-order chi connectivity index (χ0) is 18.5. The Morgan fingerprint density at radius 3 is 2.38 bits per heavy atom. The highest BCUT2D eigenvalue weighted by molar-refractivity contribution is 5.81. The van der Waals surface area contributed by atoms with E-state index in [1.165, 1.54) is 6.07 Å². The van der Waals surface area contributed by atoms with Gasteiger partial charge in [-0.05, 0) is 19.1 Å². The van der Waals surface area contributed by atoms with Gasteiger partial charge in [-0.1, -0.05) is 18.2 Å². The number of para-hydroxylation sites is 1. The van der Waals surface area contributed by atoms with E-state index in [1.807, 2.05) is 30.0 Å². The first-order chi connectivity index (χ1) is 12.6. The summed E-state index contributed by atoms with van der Waals surface area (Å²) in [5.74, 6) is 0.0325. The third kappa shape index (κ3) is 4.24. The minimum atomic E-state index is -0.178. The predicted molar refractivity (Wildman–Crippen MR) is 103 cm³/mol. The van der Waals surface area contributed by atoms with Crippen LogP contribution in [0.1, 0.15) is 6.92 Å². The number of amides is 1. The number of hydrogen-bond acceptors (Lipinski definition) is 4. The first-order valence-electron chi connectivity index (χ1n) is 9.45. The standard InChI is InChI=1S/C20H29FN4O/c1-3-8-22-9-11-25(12-10-22)20(26)17(2)23-13-15-24(16-14-23)19-7-5-4-6-18(19)21/h3-7,17H,1,8-16H2,2H3/t17-/m0/s1. The lowest BCUT2D eigenvalue weighted by molar-refractivity contribution is -0.138. The third-order valence-electron chi connectivity index (χ3n) is 5.48. The number of rotatable bonds is 5. The third-order valence-corrected chi connectivity index (χ3v) is 5.48. The van der Waals surface area contributed by atoms with Crippen molar-refractivity contribution in [2.45, 2.75) is 13.0 Å². The molecule has 142 valence electrons. The number of benzene rings is 1. The highest BCUT2D eigenvalue weighted by atomic mass is 19.1. The predicted octanol–water partition coefficient (Wildman–Crippen LogP) is 1.67. The summed E-state index contributed by atoms with van der Waals surface area (Å²) in [4.78, 5) is 21.4. The Morgan fingerprint density at radius 1 is 1.12 bits per heavy atom. The normalized spacial score (nSPS) is 20.8. The van der Waals surface area contributed by atoms with Gasteiger partial charge >= 0.3 is 0 Å². The maximum Gasteiger partial charge on any atom is 0.239 e. The van der Waals surface area contributed by atoms with Gasteiger partial charge in [0.2, 0.25) is 5.91 Å². The van der Waals surface area contributed by atoms with Crippen molar-refractivity contribution in [2.75, 3.05) is 63.8 Å². The summed E-state index contributed by atoms with van der Waals surface area (Å²) in [6.45, 7) is 13.1. The van der Waals surface area contributed by atoms with Crippen LogP contribution in [0.15, 0.2) is 36.9 Å². The van der Waals surface area contributed by atoms with E-state index in [9.17, 15) is 9.18 Å². The number of nitrogens with zero attached hydrogens (tertiary/aromatic N) is 4. The number of anilines is 1. The van der Waals surface area contributed by atoms with E-state index in [1.54, 1.807) is 6.07 Å². The van der Waals surface area contributed by atoms with Gasteiger partial charge in [0.15, 0.2) is 0 Å². The fraction of sp³-hybridized carbons (Fsp3) is 0.550. The molecular weight excluding hydrogens is 331 g/mol. The van der Waals surface area contributed by atoms with Gasteiger partial charge < -0.3 is 9.80 Å². The first-order valence-corrected chi connectivity index (χ1v) is 9.45. The van der Waals surface area contributed by atoms with Crippen LogP contribution in [0.2, 0.25) is 0 Å². The Bertz CT molecular complexity index is 622. The second-order valence-corrected chi connectivity index (χ2v) is 7.06. The van der Waals surface area contributed by atoms with Crippen LogP contribution in [0.3, 0.4) is 0 Å². The second kappa shape index (κ2) is 8.64. The number of hydrogen-bond donors (Lipinski definition) is 0. The molecule has 2 aliphatic heterocycles. The Balaban J connectivity index is 1.50. The van der Waals surface area contributed by atoms with Crippen LogP contribution in [-0.2, 0) is 4.79 Å². The SMILES string of the molecule is C=CCN1CCN(C(=O)[C@H](C)N2CCN(c3ccccc3F)CC2)CC1. The van der Waals surface area contributed by atoms with E-state index in [0.717, 1.165) is 58.9 Å². The van der Waals surface area contributed by atoms with Gasteiger partial charge in [0, 0.05) is 58.9 Å². The molecule has 2 heterocycles. The van der Waals surface area contributed by atoms with E-state index < -0.39 is 0 Å². The molecule has 2 aliphatic rings. The zero-order valence-corrected chi connectivity index (χ0v) is 15.6. The molecule has 0 aliphatic carbocycles. The van der Waals surface area contributed by atoms with Gasteiger partial charge in [-0.3, -0.25) is 14.6 Å². The van der Waals surface area contributed by atoms with Crippen LogP contribution in [0.5, 0.6) is 0 Å². The molecule has 0 unspecified atom stereocenters. The van der Waals surface area contributed by atoms with Gasteiger partial charge in [-0.15, -0.1) is 6.58 Å². The highest BCUT2D eigenvalue weighted by Crippen LogP contribution is 2.21. The summed E-state index contributed by atoms with van der Waals surface area (Å²) in [5.41, 5.74) is 0.657. The average molecular weight is 360 g/mol. The lowest BCUT2D eigenvalue weighted by atomic mass is 10.1. The molecule has 1 aromatic rings. The van der Waals surface area contributed by atoms with E-state index in [2.05, 4.69) is 21.3 Å². The molecule has 1 atom stereocenters. The molecule has 0 radical (unpaired) electrons. The quantitative estimate of drug-likeness (QED) is 0.747. The minimum Gasteiger partial charge on any atom is -0.367 e. The number of halogens is 1. The van der Waals surface area contributed by atoms with Gasteiger partial charge in [0.25, 0.3) is 0 Å². The molecule has 5 nitrogen and oxygen atoms in total. The largest absolute Gasteiger partial charge is 0.367 e. The Labute approximate surface area is 155 Å². The van der Waals surface area contributed by atoms with Crippen molar-refractivity contribution in [2.24, 2.45) is 0 Å². The summed E-state index contributed by atoms with van der Waals surface area (Å²) in [6, 6.07) is 6.78. The summed E-state index contributed by atoms with van der Waals surface area (Å²) in [7, 11) is 0. The number of carbonyl (C=O) groups is 1. The fourth-order valence-electron chi connectivity index (χ4n) is 3.81. The van der Waals surface area contributed by atoms with Crippen LogP contribution in [0.4, 0.5) is 10.1 Å². The van der Waals surface area contributed by atoms with Crippen molar-refractivity contribution in [1.82, 2.24) is 14.7 Å². The van der Waals surface area contributed by atoms with E-state index >= 15 is 0 Å². The molecule has 0 saturated carbocycles. The summed E-state index contributed by atoms with van der Waals surface area (Å²) in [5, 5.41) is 0. The summed E-state index contributed by atoms with van der Waals surface area (Å²) >= 11 is 0. The van der Waals surface area contributed by atoms with Gasteiger partial charge in [0.05, 0.1) is 11.7 Å². The number of piperazine rings is 2. The first kappa shape index (κ1) is 18.9. The minimum absolute atomic E-state index is 0.122. The summed E-state index contributed by atoms with van der Waals surface area (Å²) in [6.07, 6.45) is 1.91. The molecule has 0 bridgehead atoms. The Kier molecular flexibility index (Phi) is 6.27. The summed E-state index contributed by atoms with van der Waals surface area (Å²) < 4.78 is 14.0. The monoisotopic (exact) mass is 360 g/mol. The smallest absolute Gasteiger partial charge is 0.239 e. The van der Waals surface area contributed by atoms with Crippen LogP contribution in [0, 0.1) is 5.82 Å². The van der Waals surface area contributed by atoms with Crippen molar-refractivity contribution in [3.8, 4) is 0 Å². The molecule has 0 spiro atoms. The van der Waals surface area contributed by atoms with Crippen molar-refractivity contribution in [1.29, 1.82) is 0 Å². The van der Waals surface area contributed by atoms with Gasteiger partial charge in [-0.25, -0.2) is 4.39 Å². The molecule has 1 aromatic carbocycles. The average Bonchev–Trinajstić information content (AvgIpc) is 2.68. The molecule has 26 heavy (non-hydrogen) atoms. The molecule has 2 saturated heterocycles. The van der Waals surface area contributed by atoms with E-state index in [0.29, 0.717) is 5.69 Å². The van der Waals surface area contributed by atoms with Gasteiger partial charge in [0.1, 0.15) is 5.82 Å². The lowest BCUT2D eigenvalue weighted by Gasteiger charge is -2.41. The van der Waals surface area contributed by atoms with Crippen LogP contribution in [-0.4, -0.2) is 85.6 Å². The van der Waals surface area contributed by atoms with Crippen LogP contribution in [0.25, 0.3) is 0 Å².